The first kappa shape index (κ1) is 20.7. The molecule has 0 radical (unpaired) electrons. The summed E-state index contributed by atoms with van der Waals surface area (Å²) in [6.45, 7) is 2.44. The smallest absolute Gasteiger partial charge is 0.261 e. The minimum absolute atomic E-state index is 0.0388. The van der Waals surface area contributed by atoms with Crippen molar-refractivity contribution in [1.82, 2.24) is 24.9 Å². The van der Waals surface area contributed by atoms with E-state index in [0.29, 0.717) is 29.4 Å². The van der Waals surface area contributed by atoms with Crippen LogP contribution in [0.15, 0.2) is 65.7 Å². The first-order chi connectivity index (χ1) is 16.1. The van der Waals surface area contributed by atoms with Crippen LogP contribution in [-0.2, 0) is 0 Å². The van der Waals surface area contributed by atoms with Gasteiger partial charge in [0.05, 0.1) is 34.9 Å². The van der Waals surface area contributed by atoms with Gasteiger partial charge in [-0.15, -0.1) is 0 Å². The van der Waals surface area contributed by atoms with E-state index in [9.17, 15) is 4.79 Å². The van der Waals surface area contributed by atoms with Crippen LogP contribution in [0.1, 0.15) is 18.8 Å². The molecule has 9 heteroatoms. The summed E-state index contributed by atoms with van der Waals surface area (Å²) in [4.78, 5) is 32.9. The Bertz CT molecular complexity index is 1480. The second-order valence-corrected chi connectivity index (χ2v) is 7.69. The molecule has 0 bridgehead atoms. The lowest BCUT2D eigenvalue weighted by Gasteiger charge is -2.18. The highest BCUT2D eigenvalue weighted by Crippen LogP contribution is 2.33. The number of aliphatic hydroxyl groups excluding tert-OH is 1. The van der Waals surface area contributed by atoms with Crippen LogP contribution >= 0.6 is 0 Å². The number of aromatic nitrogens is 5. The van der Waals surface area contributed by atoms with E-state index in [2.05, 4.69) is 35.6 Å². The number of nitrogens with zero attached hydrogens (tertiary/aromatic N) is 3. The lowest BCUT2D eigenvalue weighted by atomic mass is 10.1. The Morgan fingerprint density at radius 1 is 1.03 bits per heavy atom. The number of anilines is 2. The Hall–Kier alpha value is -4.24. The third kappa shape index (κ3) is 4.01. The van der Waals surface area contributed by atoms with Gasteiger partial charge in [0.1, 0.15) is 17.2 Å². The molecule has 5 aromatic rings. The summed E-state index contributed by atoms with van der Waals surface area (Å²) in [5, 5.41) is 16.5. The minimum atomic E-state index is -0.255. The van der Waals surface area contributed by atoms with Crippen LogP contribution in [0, 0.1) is 0 Å². The van der Waals surface area contributed by atoms with Crippen molar-refractivity contribution >= 4 is 33.3 Å². The highest BCUT2D eigenvalue weighted by atomic mass is 16.3. The number of fused-ring (bicyclic) bond motifs is 2. The normalized spacial score (nSPS) is 12.2. The quantitative estimate of drug-likeness (QED) is 0.261. The Balaban J connectivity index is 1.65. The predicted molar refractivity (Wildman–Crippen MR) is 129 cm³/mol. The van der Waals surface area contributed by atoms with Crippen molar-refractivity contribution in [3.63, 3.8) is 0 Å². The minimum Gasteiger partial charge on any atom is -0.395 e. The van der Waals surface area contributed by atoms with Crippen molar-refractivity contribution in [2.24, 2.45) is 0 Å². The Morgan fingerprint density at radius 2 is 1.85 bits per heavy atom. The fourth-order valence-electron chi connectivity index (χ4n) is 3.87. The fourth-order valence-corrected chi connectivity index (χ4v) is 3.87. The average Bonchev–Trinajstić information content (AvgIpc) is 3.26. The van der Waals surface area contributed by atoms with E-state index >= 15 is 0 Å². The van der Waals surface area contributed by atoms with Gasteiger partial charge in [0, 0.05) is 30.0 Å². The SMILES string of the molecule is C[C@@H](Nc1c(-c2nc3ccc(NCCO)cc3[nH]2)c(=O)[nH]c2ccccc12)c1ncccn1. The first-order valence-corrected chi connectivity index (χ1v) is 10.7. The molecule has 0 unspecified atom stereocenters. The van der Waals surface area contributed by atoms with E-state index in [-0.39, 0.29) is 18.2 Å². The second kappa shape index (κ2) is 8.71. The lowest BCUT2D eigenvalue weighted by molar-refractivity contribution is 0.311. The molecule has 3 heterocycles. The van der Waals surface area contributed by atoms with Gasteiger partial charge in [0.2, 0.25) is 0 Å². The van der Waals surface area contributed by atoms with Gasteiger partial charge in [-0.3, -0.25) is 4.79 Å². The number of H-pyrrole nitrogens is 2. The fraction of sp³-hybridized carbons (Fsp3) is 0.167. The number of para-hydroxylation sites is 1. The molecule has 9 nitrogen and oxygen atoms in total. The van der Waals surface area contributed by atoms with Crippen LogP contribution in [-0.4, -0.2) is 43.2 Å². The van der Waals surface area contributed by atoms with Gasteiger partial charge >= 0.3 is 0 Å². The topological polar surface area (TPSA) is 132 Å². The second-order valence-electron chi connectivity index (χ2n) is 7.69. The van der Waals surface area contributed by atoms with Crippen LogP contribution in [0.2, 0.25) is 0 Å². The number of imidazole rings is 1. The van der Waals surface area contributed by atoms with Gasteiger partial charge in [-0.25, -0.2) is 15.0 Å². The van der Waals surface area contributed by atoms with Gasteiger partial charge in [-0.2, -0.15) is 0 Å². The third-order valence-electron chi connectivity index (χ3n) is 5.42. The number of rotatable bonds is 7. The first-order valence-electron chi connectivity index (χ1n) is 10.7. The molecule has 5 rings (SSSR count). The molecule has 0 amide bonds. The zero-order chi connectivity index (χ0) is 22.8. The van der Waals surface area contributed by atoms with Crippen LogP contribution < -0.4 is 16.2 Å². The van der Waals surface area contributed by atoms with Crippen LogP contribution in [0.5, 0.6) is 0 Å². The van der Waals surface area contributed by atoms with Gasteiger partial charge in [-0.05, 0) is 37.3 Å². The van der Waals surface area contributed by atoms with E-state index in [1.165, 1.54) is 0 Å². The average molecular weight is 441 g/mol. The number of nitrogens with one attached hydrogen (secondary N) is 4. The van der Waals surface area contributed by atoms with Crippen LogP contribution in [0.3, 0.4) is 0 Å². The van der Waals surface area contributed by atoms with Crippen molar-refractivity contribution < 1.29 is 5.11 Å². The molecular weight excluding hydrogens is 418 g/mol. The van der Waals surface area contributed by atoms with Crippen molar-refractivity contribution in [3.8, 4) is 11.4 Å². The zero-order valence-corrected chi connectivity index (χ0v) is 18.0. The van der Waals surface area contributed by atoms with Gasteiger partial charge in [-0.1, -0.05) is 18.2 Å². The number of aromatic amines is 2. The van der Waals surface area contributed by atoms with Crippen molar-refractivity contribution in [2.75, 3.05) is 23.8 Å². The van der Waals surface area contributed by atoms with E-state index in [1.807, 2.05) is 49.4 Å². The molecule has 0 aliphatic carbocycles. The predicted octanol–water partition coefficient (Wildman–Crippen LogP) is 3.44. The molecule has 0 aliphatic heterocycles. The lowest BCUT2D eigenvalue weighted by Crippen LogP contribution is -2.17. The highest BCUT2D eigenvalue weighted by Gasteiger charge is 2.20. The summed E-state index contributed by atoms with van der Waals surface area (Å²) in [6.07, 6.45) is 3.39. The highest BCUT2D eigenvalue weighted by molar-refractivity contribution is 5.99. The summed E-state index contributed by atoms with van der Waals surface area (Å²) in [6, 6.07) is 14.8. The van der Waals surface area contributed by atoms with Crippen LogP contribution in [0.25, 0.3) is 33.3 Å². The molecule has 166 valence electrons. The maximum atomic E-state index is 13.2. The maximum absolute atomic E-state index is 13.2. The van der Waals surface area contributed by atoms with Crippen LogP contribution in [0.4, 0.5) is 11.4 Å². The molecule has 5 N–H and O–H groups in total. The number of hydrogen-bond donors (Lipinski definition) is 5. The molecule has 0 fully saturated rings. The Labute approximate surface area is 189 Å². The number of benzene rings is 2. The third-order valence-corrected chi connectivity index (χ3v) is 5.42. The molecule has 0 saturated heterocycles. The molecule has 33 heavy (non-hydrogen) atoms. The monoisotopic (exact) mass is 441 g/mol. The molecule has 0 spiro atoms. The number of aliphatic hydroxyl groups is 1. The number of pyridine rings is 1. The van der Waals surface area contributed by atoms with Crippen molar-refractivity contribution in [2.45, 2.75) is 13.0 Å². The molecule has 0 saturated carbocycles. The molecule has 1 atom stereocenters. The summed E-state index contributed by atoms with van der Waals surface area (Å²) in [5.41, 5.74) is 3.91. The van der Waals surface area contributed by atoms with Gasteiger partial charge < -0.3 is 25.7 Å². The Morgan fingerprint density at radius 3 is 2.67 bits per heavy atom. The van der Waals surface area contributed by atoms with Crippen molar-refractivity contribution in [3.05, 3.63) is 77.1 Å². The molecule has 2 aromatic carbocycles. The molecular formula is C24H23N7O2. The van der Waals surface area contributed by atoms with E-state index in [1.54, 1.807) is 18.5 Å². The molecule has 0 aliphatic rings. The van der Waals surface area contributed by atoms with E-state index in [4.69, 9.17) is 5.11 Å². The zero-order valence-electron chi connectivity index (χ0n) is 18.0. The largest absolute Gasteiger partial charge is 0.395 e. The van der Waals surface area contributed by atoms with E-state index in [0.717, 1.165) is 27.6 Å². The summed E-state index contributed by atoms with van der Waals surface area (Å²) in [5.74, 6) is 1.08. The maximum Gasteiger partial charge on any atom is 0.261 e. The van der Waals surface area contributed by atoms with Crippen molar-refractivity contribution in [1.29, 1.82) is 0 Å². The van der Waals surface area contributed by atoms with Gasteiger partial charge in [0.25, 0.3) is 5.56 Å². The standard InChI is InChI=1S/C24H23N7O2/c1-14(22-26-9-4-10-27-22)28-21-16-5-2-3-6-17(16)31-24(33)20(21)23-29-18-8-7-15(25-11-12-32)13-19(18)30-23/h2-10,13-14,25,32H,11-12H2,1H3,(H,29,30)(H2,28,31,33)/t14-/m1/s1. The number of hydrogen-bond acceptors (Lipinski definition) is 7. The molecule has 3 aromatic heterocycles. The van der Waals surface area contributed by atoms with E-state index < -0.39 is 0 Å². The summed E-state index contributed by atoms with van der Waals surface area (Å²) >= 11 is 0. The Kier molecular flexibility index (Phi) is 5.45. The summed E-state index contributed by atoms with van der Waals surface area (Å²) < 4.78 is 0. The summed E-state index contributed by atoms with van der Waals surface area (Å²) in [7, 11) is 0. The van der Waals surface area contributed by atoms with Gasteiger partial charge in [0.15, 0.2) is 0 Å².